The average molecular weight is 450 g/mol. The van der Waals surface area contributed by atoms with E-state index in [1.807, 2.05) is 36.5 Å². The molecule has 1 atom stereocenters. The zero-order valence-corrected chi connectivity index (χ0v) is 19.4. The van der Waals surface area contributed by atoms with Crippen LogP contribution in [0.15, 0.2) is 36.5 Å². The lowest BCUT2D eigenvalue weighted by molar-refractivity contribution is 0.0331. The third kappa shape index (κ3) is 4.23. The van der Waals surface area contributed by atoms with Gasteiger partial charge in [-0.1, -0.05) is 23.4 Å². The van der Waals surface area contributed by atoms with Crippen molar-refractivity contribution in [3.05, 3.63) is 58.5 Å². The molecule has 0 saturated carbocycles. The molecule has 1 N–H and O–H groups in total. The Balaban J connectivity index is 1.44. The van der Waals surface area contributed by atoms with Crippen molar-refractivity contribution in [2.45, 2.75) is 33.4 Å². The molecular weight excluding hydrogens is 422 g/mol. The van der Waals surface area contributed by atoms with Gasteiger partial charge in [-0.2, -0.15) is 0 Å². The van der Waals surface area contributed by atoms with E-state index in [-0.39, 0.29) is 6.04 Å². The molecule has 0 aliphatic carbocycles. The monoisotopic (exact) mass is 449 g/mol. The van der Waals surface area contributed by atoms with Crippen molar-refractivity contribution >= 4 is 27.4 Å². The van der Waals surface area contributed by atoms with Crippen LogP contribution in [0.1, 0.15) is 34.9 Å². The first-order valence-corrected chi connectivity index (χ1v) is 11.7. The largest absolute Gasteiger partial charge is 0.379 e. The summed E-state index contributed by atoms with van der Waals surface area (Å²) in [6, 6.07) is 9.95. The predicted molar refractivity (Wildman–Crippen MR) is 126 cm³/mol. The Labute approximate surface area is 191 Å². The third-order valence-corrected chi connectivity index (χ3v) is 6.97. The smallest absolute Gasteiger partial charge is 0.146 e. The quantitative estimate of drug-likeness (QED) is 0.478. The Morgan fingerprint density at radius 2 is 1.91 bits per heavy atom. The number of aromatic nitrogens is 5. The highest BCUT2D eigenvalue weighted by molar-refractivity contribution is 7.18. The van der Waals surface area contributed by atoms with Gasteiger partial charge in [0.05, 0.1) is 43.1 Å². The van der Waals surface area contributed by atoms with Crippen LogP contribution >= 0.6 is 11.3 Å². The van der Waals surface area contributed by atoms with E-state index in [0.717, 1.165) is 66.1 Å². The second-order valence-electron chi connectivity index (χ2n) is 8.13. The number of aryl methyl sites for hydroxylation is 2. The van der Waals surface area contributed by atoms with Crippen LogP contribution in [0.5, 0.6) is 0 Å². The number of nitrogens with one attached hydrogen (secondary N) is 1. The summed E-state index contributed by atoms with van der Waals surface area (Å²) in [5.74, 6) is 1.70. The van der Waals surface area contributed by atoms with Gasteiger partial charge in [0.2, 0.25) is 0 Å². The summed E-state index contributed by atoms with van der Waals surface area (Å²) >= 11 is 1.73. The minimum Gasteiger partial charge on any atom is -0.379 e. The first-order chi connectivity index (χ1) is 15.6. The Hall–Kier alpha value is -2.88. The van der Waals surface area contributed by atoms with Crippen molar-refractivity contribution in [2.24, 2.45) is 0 Å². The topological polar surface area (TPSA) is 81.0 Å². The summed E-state index contributed by atoms with van der Waals surface area (Å²) in [5.41, 5.74) is 3.07. The minimum absolute atomic E-state index is 0.0543. The molecule has 0 spiro atoms. The van der Waals surface area contributed by atoms with Crippen LogP contribution in [0.2, 0.25) is 0 Å². The van der Waals surface area contributed by atoms with E-state index in [2.05, 4.69) is 41.3 Å². The molecule has 0 amide bonds. The van der Waals surface area contributed by atoms with Gasteiger partial charge in [0.1, 0.15) is 22.2 Å². The lowest BCUT2D eigenvalue weighted by atomic mass is 10.2. The molecule has 0 radical (unpaired) electrons. The Morgan fingerprint density at radius 1 is 1.12 bits per heavy atom. The van der Waals surface area contributed by atoms with Gasteiger partial charge in [-0.05, 0) is 38.5 Å². The number of thiophene rings is 1. The van der Waals surface area contributed by atoms with Crippen molar-refractivity contribution in [1.29, 1.82) is 0 Å². The molecule has 1 fully saturated rings. The summed E-state index contributed by atoms with van der Waals surface area (Å²) in [5, 5.41) is 13.4. The first-order valence-electron chi connectivity index (χ1n) is 10.9. The summed E-state index contributed by atoms with van der Waals surface area (Å²) in [4.78, 5) is 14.5. The fraction of sp³-hybridized carbons (Fsp3) is 0.391. The highest BCUT2D eigenvalue weighted by atomic mass is 32.1. The van der Waals surface area contributed by atoms with Crippen LogP contribution in [0.25, 0.3) is 15.9 Å². The number of nitrogens with zero attached hydrogens (tertiary/aromatic N) is 6. The first kappa shape index (κ1) is 21.0. The number of fused-ring (bicyclic) bond motifs is 1. The molecule has 1 aliphatic rings. The van der Waals surface area contributed by atoms with E-state index >= 15 is 0 Å². The molecule has 3 aromatic heterocycles. The molecule has 0 bridgehead atoms. The summed E-state index contributed by atoms with van der Waals surface area (Å²) in [6.07, 6.45) is 1.96. The minimum atomic E-state index is -0.0543. The fourth-order valence-electron chi connectivity index (χ4n) is 3.89. The maximum absolute atomic E-state index is 5.48. The zero-order chi connectivity index (χ0) is 22.1. The SMILES string of the molecule is Cc1sc2nc(CN3CCOCC3)nc(NC(C)c3cn(-c4ccccc4)nn3)c2c1C. The molecule has 1 saturated heterocycles. The number of hydrogen-bond acceptors (Lipinski definition) is 8. The predicted octanol–water partition coefficient (Wildman–Crippen LogP) is 3.89. The van der Waals surface area contributed by atoms with E-state index in [9.17, 15) is 0 Å². The molecule has 9 heteroatoms. The molecule has 1 aromatic carbocycles. The number of rotatable bonds is 6. The summed E-state index contributed by atoms with van der Waals surface area (Å²) in [7, 11) is 0. The molecule has 1 unspecified atom stereocenters. The standard InChI is InChI=1S/C23H27N7OS/c1-15-17(3)32-23-21(15)22(25-20(26-23)14-29-9-11-31-12-10-29)24-16(2)19-13-30(28-27-19)18-7-5-4-6-8-18/h4-8,13,16H,9-12,14H2,1-3H3,(H,24,25,26). The van der Waals surface area contributed by atoms with Crippen LogP contribution in [-0.4, -0.2) is 56.2 Å². The van der Waals surface area contributed by atoms with Crippen LogP contribution in [0.3, 0.4) is 0 Å². The average Bonchev–Trinajstić information content (AvgIpc) is 3.40. The number of benzene rings is 1. The van der Waals surface area contributed by atoms with Crippen molar-refractivity contribution in [1.82, 2.24) is 29.9 Å². The molecule has 4 aromatic rings. The Kier molecular flexibility index (Phi) is 5.86. The third-order valence-electron chi connectivity index (χ3n) is 5.87. The lowest BCUT2D eigenvalue weighted by Crippen LogP contribution is -2.36. The number of morpholine rings is 1. The molecule has 166 valence electrons. The maximum atomic E-state index is 5.48. The number of hydrogen-bond donors (Lipinski definition) is 1. The van der Waals surface area contributed by atoms with Crippen LogP contribution < -0.4 is 5.32 Å². The normalized spacial score (nSPS) is 15.8. The van der Waals surface area contributed by atoms with Crippen molar-refractivity contribution in [3.8, 4) is 5.69 Å². The lowest BCUT2D eigenvalue weighted by Gasteiger charge is -2.26. The van der Waals surface area contributed by atoms with E-state index in [4.69, 9.17) is 14.7 Å². The van der Waals surface area contributed by atoms with Gasteiger partial charge in [-0.3, -0.25) is 4.90 Å². The second-order valence-corrected chi connectivity index (χ2v) is 9.33. The van der Waals surface area contributed by atoms with E-state index < -0.39 is 0 Å². The number of anilines is 1. The van der Waals surface area contributed by atoms with Crippen molar-refractivity contribution < 1.29 is 4.74 Å². The molecule has 5 rings (SSSR count). The van der Waals surface area contributed by atoms with E-state index in [1.165, 1.54) is 10.4 Å². The molecule has 1 aliphatic heterocycles. The van der Waals surface area contributed by atoms with Crippen molar-refractivity contribution in [2.75, 3.05) is 31.6 Å². The maximum Gasteiger partial charge on any atom is 0.146 e. The van der Waals surface area contributed by atoms with Gasteiger partial charge in [0, 0.05) is 18.0 Å². The molecular formula is C23H27N7OS. The number of ether oxygens (including phenoxy) is 1. The van der Waals surface area contributed by atoms with Gasteiger partial charge >= 0.3 is 0 Å². The molecule has 8 nitrogen and oxygen atoms in total. The second kappa shape index (κ2) is 8.93. The van der Waals surface area contributed by atoms with Gasteiger partial charge < -0.3 is 10.1 Å². The Morgan fingerprint density at radius 3 is 2.69 bits per heavy atom. The highest BCUT2D eigenvalue weighted by Crippen LogP contribution is 2.34. The Bertz CT molecular complexity index is 1210. The van der Waals surface area contributed by atoms with Gasteiger partial charge in [0.25, 0.3) is 0 Å². The summed E-state index contributed by atoms with van der Waals surface area (Å²) < 4.78 is 7.28. The molecule has 32 heavy (non-hydrogen) atoms. The van der Waals surface area contributed by atoms with Crippen LogP contribution in [0.4, 0.5) is 5.82 Å². The molecule has 4 heterocycles. The van der Waals surface area contributed by atoms with Crippen LogP contribution in [-0.2, 0) is 11.3 Å². The fourth-order valence-corrected chi connectivity index (χ4v) is 4.94. The van der Waals surface area contributed by atoms with Crippen molar-refractivity contribution in [3.63, 3.8) is 0 Å². The van der Waals surface area contributed by atoms with Crippen LogP contribution in [0, 0.1) is 13.8 Å². The van der Waals surface area contributed by atoms with E-state index in [0.29, 0.717) is 0 Å². The highest BCUT2D eigenvalue weighted by Gasteiger charge is 2.20. The van der Waals surface area contributed by atoms with Gasteiger partial charge in [0.15, 0.2) is 0 Å². The van der Waals surface area contributed by atoms with Gasteiger partial charge in [-0.15, -0.1) is 16.4 Å². The van der Waals surface area contributed by atoms with E-state index in [1.54, 1.807) is 16.0 Å². The number of para-hydroxylation sites is 1. The zero-order valence-electron chi connectivity index (χ0n) is 18.6. The summed E-state index contributed by atoms with van der Waals surface area (Å²) in [6.45, 7) is 10.4. The van der Waals surface area contributed by atoms with Gasteiger partial charge in [-0.25, -0.2) is 14.6 Å².